The van der Waals surface area contributed by atoms with Crippen molar-refractivity contribution in [2.75, 3.05) is 13.2 Å². The highest BCUT2D eigenvalue weighted by molar-refractivity contribution is 4.74. The fourth-order valence-electron chi connectivity index (χ4n) is 1.52. The first kappa shape index (κ1) is 14.9. The molecule has 0 heterocycles. The molecule has 2 unspecified atom stereocenters. The van der Waals surface area contributed by atoms with Gasteiger partial charge in [-0.3, -0.25) is 0 Å². The molecule has 2 N–H and O–H groups in total. The molecule has 92 valence electrons. The van der Waals surface area contributed by atoms with Gasteiger partial charge in [0, 0.05) is 6.54 Å². The van der Waals surface area contributed by atoms with Gasteiger partial charge < -0.3 is 10.5 Å². The van der Waals surface area contributed by atoms with Crippen LogP contribution in [0.1, 0.15) is 59.8 Å². The van der Waals surface area contributed by atoms with Crippen LogP contribution in [-0.2, 0) is 4.74 Å². The first-order chi connectivity index (χ1) is 7.11. The lowest BCUT2D eigenvalue weighted by atomic mass is 9.99. The predicted molar refractivity (Wildman–Crippen MR) is 67.0 cm³/mol. The Bertz CT molecular complexity index is 143. The van der Waals surface area contributed by atoms with Crippen molar-refractivity contribution in [2.24, 2.45) is 11.7 Å². The summed E-state index contributed by atoms with van der Waals surface area (Å²) in [6.07, 6.45) is 6.08. The number of nitrogens with two attached hydrogens (primary N) is 1. The second-order valence-corrected chi connectivity index (χ2v) is 4.74. The van der Waals surface area contributed by atoms with Gasteiger partial charge in [-0.15, -0.1) is 0 Å². The highest BCUT2D eigenvalue weighted by atomic mass is 16.5. The zero-order valence-corrected chi connectivity index (χ0v) is 11.0. The van der Waals surface area contributed by atoms with Gasteiger partial charge in [0.2, 0.25) is 0 Å². The van der Waals surface area contributed by atoms with Gasteiger partial charge in [-0.1, -0.05) is 40.0 Å². The minimum Gasteiger partial charge on any atom is -0.374 e. The monoisotopic (exact) mass is 215 g/mol. The van der Waals surface area contributed by atoms with E-state index in [2.05, 4.69) is 27.7 Å². The smallest absolute Gasteiger partial charge is 0.0773 e. The molecule has 0 saturated heterocycles. The molecule has 2 heteroatoms. The van der Waals surface area contributed by atoms with E-state index >= 15 is 0 Å². The maximum Gasteiger partial charge on any atom is 0.0773 e. The molecule has 0 saturated carbocycles. The molecule has 0 rings (SSSR count). The van der Waals surface area contributed by atoms with E-state index in [1.165, 1.54) is 25.7 Å². The lowest BCUT2D eigenvalue weighted by Gasteiger charge is -2.29. The van der Waals surface area contributed by atoms with Gasteiger partial charge in [-0.2, -0.15) is 0 Å². The summed E-state index contributed by atoms with van der Waals surface area (Å²) in [7, 11) is 0. The number of rotatable bonds is 9. The Labute approximate surface area is 95.6 Å². The average molecular weight is 215 g/mol. The van der Waals surface area contributed by atoms with E-state index < -0.39 is 0 Å². The third-order valence-electron chi connectivity index (χ3n) is 3.39. The van der Waals surface area contributed by atoms with Crippen LogP contribution in [0.5, 0.6) is 0 Å². The van der Waals surface area contributed by atoms with Crippen LogP contribution in [-0.4, -0.2) is 18.8 Å². The summed E-state index contributed by atoms with van der Waals surface area (Å²) in [5, 5.41) is 0. The normalized spacial score (nSPS) is 17.4. The number of hydrogen-bond donors (Lipinski definition) is 1. The third-order valence-corrected chi connectivity index (χ3v) is 3.39. The molecule has 2 atom stereocenters. The van der Waals surface area contributed by atoms with E-state index in [-0.39, 0.29) is 5.60 Å². The Hall–Kier alpha value is -0.0800. The van der Waals surface area contributed by atoms with Crippen LogP contribution >= 0.6 is 0 Å². The van der Waals surface area contributed by atoms with Crippen LogP contribution in [0.3, 0.4) is 0 Å². The van der Waals surface area contributed by atoms with Crippen molar-refractivity contribution in [1.82, 2.24) is 0 Å². The van der Waals surface area contributed by atoms with E-state index in [0.717, 1.165) is 13.0 Å². The molecule has 0 aliphatic carbocycles. The van der Waals surface area contributed by atoms with Crippen molar-refractivity contribution in [3.05, 3.63) is 0 Å². The quantitative estimate of drug-likeness (QED) is 0.640. The number of unbranched alkanes of at least 4 members (excludes halogenated alkanes) is 1. The average Bonchev–Trinajstić information content (AvgIpc) is 2.29. The fourth-order valence-corrected chi connectivity index (χ4v) is 1.52. The Morgan fingerprint density at radius 3 is 2.33 bits per heavy atom. The molecule has 2 nitrogen and oxygen atoms in total. The molecule has 15 heavy (non-hydrogen) atoms. The van der Waals surface area contributed by atoms with Crippen LogP contribution in [0, 0.1) is 5.92 Å². The SMILES string of the molecule is CCCCC(CC)COC(C)(CC)CN. The van der Waals surface area contributed by atoms with Gasteiger partial charge in [0.25, 0.3) is 0 Å². The zero-order chi connectivity index (χ0) is 11.7. The van der Waals surface area contributed by atoms with Crippen molar-refractivity contribution in [2.45, 2.75) is 65.4 Å². The fraction of sp³-hybridized carbons (Fsp3) is 1.00. The summed E-state index contributed by atoms with van der Waals surface area (Å²) in [5.41, 5.74) is 5.61. The molecular weight excluding hydrogens is 186 g/mol. The Kier molecular flexibility index (Phi) is 8.07. The predicted octanol–water partition coefficient (Wildman–Crippen LogP) is 3.35. The van der Waals surface area contributed by atoms with Crippen LogP contribution in [0.15, 0.2) is 0 Å². The molecule has 0 aromatic heterocycles. The standard InChI is InChI=1S/C13H29NO/c1-5-8-9-12(6-2)10-15-13(4,7-3)11-14/h12H,5-11,14H2,1-4H3. The van der Waals surface area contributed by atoms with Gasteiger partial charge in [0.1, 0.15) is 0 Å². The molecule has 0 fully saturated rings. The molecule has 0 aromatic rings. The summed E-state index contributed by atoms with van der Waals surface area (Å²) >= 11 is 0. The maximum absolute atomic E-state index is 5.95. The van der Waals surface area contributed by atoms with Crippen molar-refractivity contribution in [3.63, 3.8) is 0 Å². The summed E-state index contributed by atoms with van der Waals surface area (Å²) in [6, 6.07) is 0. The van der Waals surface area contributed by atoms with Crippen molar-refractivity contribution in [1.29, 1.82) is 0 Å². The number of ether oxygens (including phenoxy) is 1. The molecule has 0 radical (unpaired) electrons. The maximum atomic E-state index is 5.95. The largest absolute Gasteiger partial charge is 0.374 e. The summed E-state index contributed by atoms with van der Waals surface area (Å²) in [5.74, 6) is 0.711. The van der Waals surface area contributed by atoms with Crippen LogP contribution in [0.2, 0.25) is 0 Å². The molecule has 0 aromatic carbocycles. The summed E-state index contributed by atoms with van der Waals surface area (Å²) in [4.78, 5) is 0. The van der Waals surface area contributed by atoms with E-state index in [4.69, 9.17) is 10.5 Å². The molecule has 0 aliphatic heterocycles. The first-order valence-electron chi connectivity index (χ1n) is 6.45. The van der Waals surface area contributed by atoms with Gasteiger partial charge in [-0.05, 0) is 25.7 Å². The molecule has 0 aliphatic rings. The molecular formula is C13H29NO. The van der Waals surface area contributed by atoms with E-state index in [9.17, 15) is 0 Å². The Morgan fingerprint density at radius 1 is 1.27 bits per heavy atom. The topological polar surface area (TPSA) is 35.2 Å². The minimum atomic E-state index is -0.111. The van der Waals surface area contributed by atoms with Gasteiger partial charge in [0.05, 0.1) is 12.2 Å². The van der Waals surface area contributed by atoms with E-state index in [0.29, 0.717) is 12.5 Å². The van der Waals surface area contributed by atoms with E-state index in [1.807, 2.05) is 0 Å². The van der Waals surface area contributed by atoms with Crippen LogP contribution < -0.4 is 5.73 Å². The highest BCUT2D eigenvalue weighted by Crippen LogP contribution is 2.19. The zero-order valence-electron chi connectivity index (χ0n) is 11.0. The Morgan fingerprint density at radius 2 is 1.93 bits per heavy atom. The van der Waals surface area contributed by atoms with Gasteiger partial charge in [0.15, 0.2) is 0 Å². The first-order valence-corrected chi connectivity index (χ1v) is 6.45. The lowest BCUT2D eigenvalue weighted by Crippen LogP contribution is -2.38. The highest BCUT2D eigenvalue weighted by Gasteiger charge is 2.21. The molecule has 0 amide bonds. The summed E-state index contributed by atoms with van der Waals surface area (Å²) in [6.45, 7) is 10.2. The molecule has 0 spiro atoms. The number of hydrogen-bond acceptors (Lipinski definition) is 2. The van der Waals surface area contributed by atoms with Crippen molar-refractivity contribution < 1.29 is 4.74 Å². The third kappa shape index (κ3) is 6.16. The second kappa shape index (κ2) is 8.12. The van der Waals surface area contributed by atoms with Crippen LogP contribution in [0.25, 0.3) is 0 Å². The minimum absolute atomic E-state index is 0.111. The summed E-state index contributed by atoms with van der Waals surface area (Å²) < 4.78 is 5.95. The van der Waals surface area contributed by atoms with Gasteiger partial charge >= 0.3 is 0 Å². The van der Waals surface area contributed by atoms with Crippen molar-refractivity contribution >= 4 is 0 Å². The lowest BCUT2D eigenvalue weighted by molar-refractivity contribution is -0.0460. The van der Waals surface area contributed by atoms with Crippen LogP contribution in [0.4, 0.5) is 0 Å². The van der Waals surface area contributed by atoms with Gasteiger partial charge in [-0.25, -0.2) is 0 Å². The second-order valence-electron chi connectivity index (χ2n) is 4.74. The molecule has 0 bridgehead atoms. The van der Waals surface area contributed by atoms with E-state index in [1.54, 1.807) is 0 Å². The van der Waals surface area contributed by atoms with Crippen molar-refractivity contribution in [3.8, 4) is 0 Å². The Balaban J connectivity index is 3.87.